The van der Waals surface area contributed by atoms with Gasteiger partial charge in [0.05, 0.1) is 7.11 Å². The first-order valence-corrected chi connectivity index (χ1v) is 6.04. The average Bonchev–Trinajstić information content (AvgIpc) is 2.14. The number of aryl methyl sites for hydroxylation is 2. The zero-order valence-electron chi connectivity index (χ0n) is 10.8. The van der Waals surface area contributed by atoms with Gasteiger partial charge in [-0.05, 0) is 49.3 Å². The van der Waals surface area contributed by atoms with E-state index in [1.807, 2.05) is 0 Å². The first kappa shape index (κ1) is 14.3. The minimum Gasteiger partial charge on any atom is -0.496 e. The first-order chi connectivity index (χ1) is 7.63. The topological polar surface area (TPSA) is 35.2 Å². The van der Waals surface area contributed by atoms with E-state index in [2.05, 4.69) is 26.0 Å². The van der Waals surface area contributed by atoms with Gasteiger partial charge in [0, 0.05) is 6.04 Å². The van der Waals surface area contributed by atoms with Crippen molar-refractivity contribution < 1.29 is 4.74 Å². The van der Waals surface area contributed by atoms with E-state index in [0.717, 1.165) is 5.75 Å². The molecule has 0 radical (unpaired) electrons. The molecule has 0 unspecified atom stereocenters. The number of methoxy groups -OCH3 is 1. The Balaban J connectivity index is 0.00000144. The van der Waals surface area contributed by atoms with Crippen molar-refractivity contribution in [2.45, 2.75) is 39.2 Å². The highest BCUT2D eigenvalue weighted by atomic mass is 35.5. The van der Waals surface area contributed by atoms with Crippen LogP contribution in [0.15, 0.2) is 12.1 Å². The highest BCUT2D eigenvalue weighted by Gasteiger charge is 2.26. The number of hydrogen-bond acceptors (Lipinski definition) is 2. The molecule has 2 nitrogen and oxygen atoms in total. The highest BCUT2D eigenvalue weighted by molar-refractivity contribution is 5.85. The van der Waals surface area contributed by atoms with Crippen molar-refractivity contribution in [2.24, 2.45) is 11.7 Å². The predicted octanol–water partition coefficient (Wildman–Crippen LogP) is 3.53. The van der Waals surface area contributed by atoms with Crippen LogP contribution in [0.2, 0.25) is 0 Å². The number of rotatable bonds is 3. The van der Waals surface area contributed by atoms with E-state index in [0.29, 0.717) is 5.92 Å². The van der Waals surface area contributed by atoms with E-state index < -0.39 is 0 Å². The molecule has 17 heavy (non-hydrogen) atoms. The lowest BCUT2D eigenvalue weighted by Crippen LogP contribution is -2.27. The molecule has 0 amide bonds. The number of benzene rings is 1. The van der Waals surface area contributed by atoms with Gasteiger partial charge in [-0.25, -0.2) is 0 Å². The fourth-order valence-corrected chi connectivity index (χ4v) is 2.57. The largest absolute Gasteiger partial charge is 0.496 e. The van der Waals surface area contributed by atoms with Gasteiger partial charge in [0.25, 0.3) is 0 Å². The normalized spacial score (nSPS) is 16.9. The molecule has 0 saturated heterocycles. The lowest BCUT2D eigenvalue weighted by atomic mass is 9.77. The molecule has 0 aliphatic heterocycles. The molecule has 0 heterocycles. The summed E-state index contributed by atoms with van der Waals surface area (Å²) < 4.78 is 5.37. The second-order valence-electron chi connectivity index (χ2n) is 4.90. The molecular formula is C14H22ClNO. The molecule has 96 valence electrons. The monoisotopic (exact) mass is 255 g/mol. The molecule has 1 saturated carbocycles. The Morgan fingerprint density at radius 2 is 1.76 bits per heavy atom. The summed E-state index contributed by atoms with van der Waals surface area (Å²) >= 11 is 0. The van der Waals surface area contributed by atoms with Crippen molar-refractivity contribution in [1.82, 2.24) is 0 Å². The molecule has 1 atom stereocenters. The molecule has 1 aromatic rings. The number of nitrogens with two attached hydrogens (primary N) is 1. The van der Waals surface area contributed by atoms with Crippen LogP contribution in [0, 0.1) is 19.8 Å². The van der Waals surface area contributed by atoms with Crippen LogP contribution in [-0.4, -0.2) is 7.11 Å². The lowest BCUT2D eigenvalue weighted by molar-refractivity contribution is 0.264. The molecule has 0 aromatic heterocycles. The van der Waals surface area contributed by atoms with Crippen LogP contribution in [0.5, 0.6) is 5.75 Å². The molecule has 1 aliphatic carbocycles. The molecule has 0 bridgehead atoms. The SMILES string of the molecule is COc1c(C)cc([C@@H](N)C2CCC2)cc1C.Cl. The maximum Gasteiger partial charge on any atom is 0.124 e. The molecule has 2 N–H and O–H groups in total. The van der Waals surface area contributed by atoms with Crippen molar-refractivity contribution in [3.8, 4) is 5.75 Å². The van der Waals surface area contributed by atoms with E-state index in [9.17, 15) is 0 Å². The summed E-state index contributed by atoms with van der Waals surface area (Å²) in [4.78, 5) is 0. The van der Waals surface area contributed by atoms with Crippen molar-refractivity contribution in [1.29, 1.82) is 0 Å². The van der Waals surface area contributed by atoms with Gasteiger partial charge in [-0.15, -0.1) is 12.4 Å². The standard InChI is InChI=1S/C14H21NO.ClH/c1-9-7-12(8-10(2)14(9)16-3)13(15)11-5-4-6-11;/h7-8,11,13H,4-6,15H2,1-3H3;1H/t13-;/m0./s1. The van der Waals surface area contributed by atoms with Gasteiger partial charge in [0.15, 0.2) is 0 Å². The van der Waals surface area contributed by atoms with E-state index >= 15 is 0 Å². The number of halogens is 1. The smallest absolute Gasteiger partial charge is 0.124 e. The van der Waals surface area contributed by atoms with E-state index in [-0.39, 0.29) is 18.4 Å². The van der Waals surface area contributed by atoms with Gasteiger partial charge < -0.3 is 10.5 Å². The van der Waals surface area contributed by atoms with Crippen LogP contribution < -0.4 is 10.5 Å². The third-order valence-corrected chi connectivity index (χ3v) is 3.73. The van der Waals surface area contributed by atoms with Crippen LogP contribution in [0.4, 0.5) is 0 Å². The fraction of sp³-hybridized carbons (Fsp3) is 0.571. The summed E-state index contributed by atoms with van der Waals surface area (Å²) in [5, 5.41) is 0. The lowest BCUT2D eigenvalue weighted by Gasteiger charge is -2.32. The number of ether oxygens (including phenoxy) is 1. The molecule has 1 aliphatic rings. The quantitative estimate of drug-likeness (QED) is 0.897. The van der Waals surface area contributed by atoms with E-state index in [1.165, 1.54) is 36.0 Å². The molecule has 1 aromatic carbocycles. The van der Waals surface area contributed by atoms with Crippen molar-refractivity contribution >= 4 is 12.4 Å². The Labute approximate surface area is 110 Å². The minimum atomic E-state index is 0. The zero-order valence-corrected chi connectivity index (χ0v) is 11.6. The first-order valence-electron chi connectivity index (χ1n) is 6.04. The maximum atomic E-state index is 6.29. The van der Waals surface area contributed by atoms with Crippen molar-refractivity contribution in [3.05, 3.63) is 28.8 Å². The van der Waals surface area contributed by atoms with Crippen molar-refractivity contribution in [3.63, 3.8) is 0 Å². The summed E-state index contributed by atoms with van der Waals surface area (Å²) in [7, 11) is 1.72. The molecule has 0 spiro atoms. The van der Waals surface area contributed by atoms with Gasteiger partial charge >= 0.3 is 0 Å². The predicted molar refractivity (Wildman–Crippen MR) is 74.0 cm³/mol. The summed E-state index contributed by atoms with van der Waals surface area (Å²) in [5.41, 5.74) is 9.93. The Kier molecular flexibility index (Phi) is 4.84. The second kappa shape index (κ2) is 5.74. The van der Waals surface area contributed by atoms with Crippen molar-refractivity contribution in [2.75, 3.05) is 7.11 Å². The van der Waals surface area contributed by atoms with Crippen LogP contribution in [0.25, 0.3) is 0 Å². The molecule has 1 fully saturated rings. The van der Waals surface area contributed by atoms with Crippen LogP contribution in [-0.2, 0) is 0 Å². The molecular weight excluding hydrogens is 234 g/mol. The Morgan fingerprint density at radius 1 is 1.24 bits per heavy atom. The number of hydrogen-bond donors (Lipinski definition) is 1. The summed E-state index contributed by atoms with van der Waals surface area (Å²) in [5.74, 6) is 1.68. The molecule has 3 heteroatoms. The average molecular weight is 256 g/mol. The Morgan fingerprint density at radius 3 is 2.12 bits per heavy atom. The Hall–Kier alpha value is -0.730. The second-order valence-corrected chi connectivity index (χ2v) is 4.90. The van der Waals surface area contributed by atoms with Crippen LogP contribution in [0.1, 0.15) is 42.0 Å². The highest BCUT2D eigenvalue weighted by Crippen LogP contribution is 2.37. The Bertz CT molecular complexity index is 365. The van der Waals surface area contributed by atoms with Crippen LogP contribution in [0.3, 0.4) is 0 Å². The minimum absolute atomic E-state index is 0. The van der Waals surface area contributed by atoms with Gasteiger partial charge in [-0.3, -0.25) is 0 Å². The van der Waals surface area contributed by atoms with Crippen LogP contribution >= 0.6 is 12.4 Å². The van der Waals surface area contributed by atoms with Gasteiger partial charge in [0.1, 0.15) is 5.75 Å². The van der Waals surface area contributed by atoms with Gasteiger partial charge in [0.2, 0.25) is 0 Å². The molecule has 2 rings (SSSR count). The zero-order chi connectivity index (χ0) is 11.7. The van der Waals surface area contributed by atoms with Gasteiger partial charge in [-0.2, -0.15) is 0 Å². The third-order valence-electron chi connectivity index (χ3n) is 3.73. The maximum absolute atomic E-state index is 6.29. The third kappa shape index (κ3) is 2.75. The van der Waals surface area contributed by atoms with E-state index in [1.54, 1.807) is 7.11 Å². The summed E-state index contributed by atoms with van der Waals surface area (Å²) in [6, 6.07) is 4.56. The summed E-state index contributed by atoms with van der Waals surface area (Å²) in [6.07, 6.45) is 3.91. The fourth-order valence-electron chi connectivity index (χ4n) is 2.57. The van der Waals surface area contributed by atoms with Gasteiger partial charge in [-0.1, -0.05) is 18.6 Å². The van der Waals surface area contributed by atoms with E-state index in [4.69, 9.17) is 10.5 Å². The summed E-state index contributed by atoms with van der Waals surface area (Å²) in [6.45, 7) is 4.17.